The number of hydrogen-bond acceptors (Lipinski definition) is 1. The van der Waals surface area contributed by atoms with Crippen molar-refractivity contribution in [1.29, 1.82) is 0 Å². The second-order valence-electron chi connectivity index (χ2n) is 4.50. The van der Waals surface area contributed by atoms with Crippen molar-refractivity contribution in [2.75, 3.05) is 0 Å². The van der Waals surface area contributed by atoms with Crippen molar-refractivity contribution < 1.29 is 0 Å². The number of unbranched alkanes of at least 4 members (excludes halogenated alkanes) is 2. The van der Waals surface area contributed by atoms with E-state index in [0.717, 1.165) is 0 Å². The fraction of sp³-hybridized carbons (Fsp3) is 0.471. The van der Waals surface area contributed by atoms with E-state index in [1.807, 2.05) is 0 Å². The van der Waals surface area contributed by atoms with Crippen LogP contribution in [-0.2, 0) is 0 Å². The summed E-state index contributed by atoms with van der Waals surface area (Å²) < 4.78 is 0. The van der Waals surface area contributed by atoms with E-state index in [4.69, 9.17) is 0 Å². The van der Waals surface area contributed by atoms with E-state index < -0.39 is 0 Å². The molecular weight excluding hydrogens is 236 g/mol. The highest BCUT2D eigenvalue weighted by Gasteiger charge is 1.95. The van der Waals surface area contributed by atoms with E-state index in [1.54, 1.807) is 11.8 Å². The maximum absolute atomic E-state index is 3.49. The number of thioether (sulfide) groups is 1. The topological polar surface area (TPSA) is 0 Å². The van der Waals surface area contributed by atoms with Crippen molar-refractivity contribution in [3.05, 3.63) is 47.0 Å². The Morgan fingerprint density at radius 2 is 1.67 bits per heavy atom. The first kappa shape index (κ1) is 15.1. The molecule has 0 nitrogen and oxygen atoms in total. The molecule has 0 N–H and O–H groups in total. The molecule has 0 heterocycles. The first-order valence-electron chi connectivity index (χ1n) is 7.01. The number of rotatable bonds is 8. The number of benzene rings is 1. The predicted octanol–water partition coefficient (Wildman–Crippen LogP) is 6.20. The van der Waals surface area contributed by atoms with Crippen molar-refractivity contribution >= 4 is 11.8 Å². The van der Waals surface area contributed by atoms with Gasteiger partial charge in [-0.1, -0.05) is 56.7 Å². The van der Waals surface area contributed by atoms with E-state index in [0.29, 0.717) is 0 Å². The van der Waals surface area contributed by atoms with Crippen molar-refractivity contribution in [1.82, 2.24) is 0 Å². The molecule has 18 heavy (non-hydrogen) atoms. The van der Waals surface area contributed by atoms with E-state index >= 15 is 0 Å². The van der Waals surface area contributed by atoms with E-state index in [9.17, 15) is 0 Å². The fourth-order valence-corrected chi connectivity index (χ4v) is 2.41. The highest BCUT2D eigenvalue weighted by molar-refractivity contribution is 8.02. The average Bonchev–Trinajstić information content (AvgIpc) is 2.42. The molecule has 0 fully saturated rings. The van der Waals surface area contributed by atoms with Crippen molar-refractivity contribution in [2.45, 2.75) is 57.3 Å². The molecule has 0 radical (unpaired) electrons. The van der Waals surface area contributed by atoms with Gasteiger partial charge in [-0.3, -0.25) is 0 Å². The highest BCUT2D eigenvalue weighted by atomic mass is 32.2. The van der Waals surface area contributed by atoms with Crippen LogP contribution in [0, 0.1) is 0 Å². The van der Waals surface area contributed by atoms with Gasteiger partial charge in [0.25, 0.3) is 0 Å². The lowest BCUT2D eigenvalue weighted by atomic mass is 10.0. The van der Waals surface area contributed by atoms with Gasteiger partial charge in [-0.25, -0.2) is 0 Å². The van der Waals surface area contributed by atoms with Crippen LogP contribution in [0.25, 0.3) is 0 Å². The Morgan fingerprint density at radius 1 is 1.06 bits per heavy atom. The third-order valence-electron chi connectivity index (χ3n) is 2.87. The molecule has 0 bridgehead atoms. The van der Waals surface area contributed by atoms with Crippen molar-refractivity contribution in [2.24, 2.45) is 0 Å². The molecule has 0 saturated heterocycles. The predicted molar refractivity (Wildman–Crippen MR) is 82.9 cm³/mol. The average molecular weight is 260 g/mol. The zero-order valence-corrected chi connectivity index (χ0v) is 12.4. The lowest BCUT2D eigenvalue weighted by molar-refractivity contribution is 0.714. The Morgan fingerprint density at radius 3 is 2.22 bits per heavy atom. The highest BCUT2D eigenvalue weighted by Crippen LogP contribution is 2.19. The maximum Gasteiger partial charge on any atom is 0.0178 e. The summed E-state index contributed by atoms with van der Waals surface area (Å²) in [7, 11) is 0. The Labute approximate surface area is 116 Å². The first-order valence-corrected chi connectivity index (χ1v) is 7.89. The summed E-state index contributed by atoms with van der Waals surface area (Å²) >= 11 is 1.76. The molecule has 0 atom stereocenters. The van der Waals surface area contributed by atoms with Gasteiger partial charge in [0.2, 0.25) is 0 Å². The molecule has 1 aromatic carbocycles. The van der Waals surface area contributed by atoms with Gasteiger partial charge in [0.15, 0.2) is 0 Å². The van der Waals surface area contributed by atoms with Crippen LogP contribution in [0.5, 0.6) is 0 Å². The zero-order chi connectivity index (χ0) is 13.1. The Balaban J connectivity index is 2.55. The van der Waals surface area contributed by atoms with Gasteiger partial charge in [0, 0.05) is 10.3 Å². The van der Waals surface area contributed by atoms with E-state index in [1.165, 1.54) is 49.0 Å². The Kier molecular flexibility index (Phi) is 8.46. The molecule has 1 rings (SSSR count). The monoisotopic (exact) mass is 260 g/mol. The van der Waals surface area contributed by atoms with Gasteiger partial charge < -0.3 is 0 Å². The van der Waals surface area contributed by atoms with Gasteiger partial charge in [-0.2, -0.15) is 0 Å². The van der Waals surface area contributed by atoms with Crippen LogP contribution in [-0.4, -0.2) is 0 Å². The molecular formula is C17H24S. The van der Waals surface area contributed by atoms with Crippen LogP contribution in [0.1, 0.15) is 52.4 Å². The summed E-state index contributed by atoms with van der Waals surface area (Å²) in [4.78, 5) is 1.29. The molecule has 0 amide bonds. The molecule has 0 aromatic heterocycles. The van der Waals surface area contributed by atoms with Crippen molar-refractivity contribution in [3.63, 3.8) is 0 Å². The van der Waals surface area contributed by atoms with Crippen LogP contribution in [0.3, 0.4) is 0 Å². The quantitative estimate of drug-likeness (QED) is 0.396. The third-order valence-corrected chi connectivity index (χ3v) is 3.65. The molecule has 0 saturated carbocycles. The summed E-state index contributed by atoms with van der Waals surface area (Å²) in [6, 6.07) is 10.5. The summed E-state index contributed by atoms with van der Waals surface area (Å²) in [6.07, 6.45) is 7.53. The van der Waals surface area contributed by atoms with Crippen LogP contribution >= 0.6 is 11.8 Å². The SMILES string of the molecule is CCCCC(=C=CSc1ccccc1)CCCC. The molecule has 0 aliphatic carbocycles. The summed E-state index contributed by atoms with van der Waals surface area (Å²) in [5, 5.41) is 2.12. The molecule has 0 unspecified atom stereocenters. The number of allylic oxidation sites excluding steroid dienone is 1. The van der Waals surface area contributed by atoms with Gasteiger partial charge in [0.05, 0.1) is 0 Å². The van der Waals surface area contributed by atoms with Crippen LogP contribution < -0.4 is 0 Å². The molecule has 0 spiro atoms. The molecule has 98 valence electrons. The van der Waals surface area contributed by atoms with Crippen LogP contribution in [0.15, 0.2) is 51.9 Å². The molecule has 0 aliphatic heterocycles. The third kappa shape index (κ3) is 6.74. The normalized spacial score (nSPS) is 9.89. The first-order chi connectivity index (χ1) is 8.86. The van der Waals surface area contributed by atoms with Crippen LogP contribution in [0.2, 0.25) is 0 Å². The lowest BCUT2D eigenvalue weighted by Gasteiger charge is -2.02. The maximum atomic E-state index is 3.49. The van der Waals surface area contributed by atoms with Gasteiger partial charge >= 0.3 is 0 Å². The minimum absolute atomic E-state index is 1.21. The van der Waals surface area contributed by atoms with Gasteiger partial charge in [-0.15, -0.1) is 5.73 Å². The second kappa shape index (κ2) is 10.1. The smallest absolute Gasteiger partial charge is 0.0178 e. The Hall–Kier alpha value is -0.910. The second-order valence-corrected chi connectivity index (χ2v) is 5.45. The summed E-state index contributed by atoms with van der Waals surface area (Å²) in [5.41, 5.74) is 4.98. The lowest BCUT2D eigenvalue weighted by Crippen LogP contribution is -1.83. The molecule has 1 aromatic rings. The van der Waals surface area contributed by atoms with Gasteiger partial charge in [0.1, 0.15) is 0 Å². The van der Waals surface area contributed by atoms with E-state index in [2.05, 4.69) is 55.3 Å². The largest absolute Gasteiger partial charge is 0.114 e. The van der Waals surface area contributed by atoms with Crippen molar-refractivity contribution in [3.8, 4) is 0 Å². The number of hydrogen-bond donors (Lipinski definition) is 0. The standard InChI is InChI=1S/C17H24S/c1-3-5-10-16(11-6-4-2)14-15-18-17-12-8-7-9-13-17/h7-9,12-13,15H,3-6,10-11H2,1-2H3. The summed E-state index contributed by atoms with van der Waals surface area (Å²) in [6.45, 7) is 4.50. The molecule has 0 aliphatic rings. The minimum Gasteiger partial charge on any atom is -0.114 e. The summed E-state index contributed by atoms with van der Waals surface area (Å²) in [5.74, 6) is 0. The van der Waals surface area contributed by atoms with E-state index in [-0.39, 0.29) is 0 Å². The Bertz CT molecular complexity index is 362. The van der Waals surface area contributed by atoms with Gasteiger partial charge in [-0.05, 0) is 43.4 Å². The van der Waals surface area contributed by atoms with Crippen LogP contribution in [0.4, 0.5) is 0 Å². The molecule has 1 heteroatoms. The fourth-order valence-electron chi connectivity index (χ4n) is 1.73. The minimum atomic E-state index is 1.21. The zero-order valence-electron chi connectivity index (χ0n) is 11.6.